The number of nitrogens with zero attached hydrogens (tertiary/aromatic N) is 1. The van der Waals surface area contributed by atoms with Gasteiger partial charge in [0.15, 0.2) is 5.69 Å². The maximum absolute atomic E-state index is 12.3. The monoisotopic (exact) mass is 234 g/mol. The molecule has 0 atom stereocenters. The molecule has 1 aromatic heterocycles. The third kappa shape index (κ3) is 1.87. The number of carboxylic acid groups (broad SMARTS) is 1. The van der Waals surface area contributed by atoms with Gasteiger partial charge in [0.05, 0.1) is 4.92 Å². The predicted molar refractivity (Wildman–Crippen MR) is 45.6 cm³/mol. The predicted octanol–water partition coefficient (Wildman–Crippen LogP) is 0.919. The van der Waals surface area contributed by atoms with Gasteiger partial charge in [-0.15, -0.1) is 0 Å². The first-order chi connectivity index (χ1) is 7.36. The van der Waals surface area contributed by atoms with Gasteiger partial charge in [-0.1, -0.05) is 0 Å². The van der Waals surface area contributed by atoms with Crippen LogP contribution in [-0.2, 0) is 0 Å². The number of carboxylic acids is 1. The summed E-state index contributed by atoms with van der Waals surface area (Å²) in [5.41, 5.74) is -5.17. The van der Waals surface area contributed by atoms with E-state index in [9.17, 15) is 28.5 Å². The summed E-state index contributed by atoms with van der Waals surface area (Å²) in [6.45, 7) is 0. The Labute approximate surface area is 85.5 Å². The van der Waals surface area contributed by atoms with E-state index in [1.54, 1.807) is 4.98 Å². The number of alkyl halides is 2. The first kappa shape index (κ1) is 11.8. The fourth-order valence-electron chi connectivity index (χ4n) is 1.04. The van der Waals surface area contributed by atoms with Gasteiger partial charge in [0.2, 0.25) is 0 Å². The lowest BCUT2D eigenvalue weighted by molar-refractivity contribution is -0.387. The molecule has 0 unspecified atom stereocenters. The van der Waals surface area contributed by atoms with Crippen molar-refractivity contribution < 1.29 is 23.6 Å². The number of carbonyl (C=O) groups is 1. The number of aromatic amines is 1. The van der Waals surface area contributed by atoms with E-state index in [-0.39, 0.29) is 0 Å². The van der Waals surface area contributed by atoms with Crippen LogP contribution in [0.4, 0.5) is 14.5 Å². The molecule has 1 rings (SSSR count). The summed E-state index contributed by atoms with van der Waals surface area (Å²) < 4.78 is 24.6. The third-order valence-corrected chi connectivity index (χ3v) is 1.72. The van der Waals surface area contributed by atoms with E-state index in [0.29, 0.717) is 6.20 Å². The lowest BCUT2D eigenvalue weighted by atomic mass is 10.2. The molecule has 0 spiro atoms. The van der Waals surface area contributed by atoms with Gasteiger partial charge >= 0.3 is 11.7 Å². The van der Waals surface area contributed by atoms with E-state index in [1.807, 2.05) is 0 Å². The van der Waals surface area contributed by atoms with Crippen molar-refractivity contribution in [2.75, 3.05) is 0 Å². The molecule has 2 N–H and O–H groups in total. The molecular formula is C7H4F2N2O5. The zero-order valence-corrected chi connectivity index (χ0v) is 7.44. The number of nitro groups is 1. The number of halogens is 2. The number of aromatic nitrogens is 1. The molecule has 0 bridgehead atoms. The van der Waals surface area contributed by atoms with Gasteiger partial charge in [0.25, 0.3) is 11.9 Å². The molecule has 7 nitrogen and oxygen atoms in total. The summed E-state index contributed by atoms with van der Waals surface area (Å²) in [7, 11) is 0. The molecule has 16 heavy (non-hydrogen) atoms. The highest BCUT2D eigenvalue weighted by Gasteiger charge is 2.29. The Bertz CT molecular complexity index is 510. The summed E-state index contributed by atoms with van der Waals surface area (Å²) in [5.74, 6) is -1.73. The number of nitrogens with one attached hydrogen (secondary N) is 1. The molecule has 0 aliphatic carbocycles. The van der Waals surface area contributed by atoms with Gasteiger partial charge in [-0.3, -0.25) is 14.9 Å². The smallest absolute Gasteiger partial charge is 0.342 e. The first-order valence-corrected chi connectivity index (χ1v) is 3.77. The fourth-order valence-corrected chi connectivity index (χ4v) is 1.04. The Morgan fingerprint density at radius 2 is 2.12 bits per heavy atom. The van der Waals surface area contributed by atoms with E-state index in [0.717, 1.165) is 0 Å². The lowest BCUT2D eigenvalue weighted by Gasteiger charge is -2.01. The summed E-state index contributed by atoms with van der Waals surface area (Å²) >= 11 is 0. The summed E-state index contributed by atoms with van der Waals surface area (Å²) in [6, 6.07) is 0. The Balaban J connectivity index is 3.61. The van der Waals surface area contributed by atoms with Gasteiger partial charge in [0, 0.05) is 6.20 Å². The van der Waals surface area contributed by atoms with Crippen LogP contribution in [0.25, 0.3) is 0 Å². The van der Waals surface area contributed by atoms with E-state index < -0.39 is 39.7 Å². The van der Waals surface area contributed by atoms with Gasteiger partial charge < -0.3 is 10.1 Å². The topological polar surface area (TPSA) is 113 Å². The van der Waals surface area contributed by atoms with Crippen molar-refractivity contribution in [3.63, 3.8) is 0 Å². The lowest BCUT2D eigenvalue weighted by Crippen LogP contribution is -2.20. The molecule has 86 valence electrons. The molecule has 0 aliphatic heterocycles. The van der Waals surface area contributed by atoms with Crippen molar-refractivity contribution in [3.05, 3.63) is 37.8 Å². The highest BCUT2D eigenvalue weighted by atomic mass is 19.3. The molecule has 0 fully saturated rings. The maximum Gasteiger partial charge on any atom is 0.342 e. The molecule has 0 aliphatic rings. The average Bonchev–Trinajstić information content (AvgIpc) is 2.15. The van der Waals surface area contributed by atoms with Crippen LogP contribution >= 0.6 is 0 Å². The number of aromatic carboxylic acids is 1. The van der Waals surface area contributed by atoms with E-state index >= 15 is 0 Å². The largest absolute Gasteiger partial charge is 0.477 e. The Hall–Kier alpha value is -2.32. The molecule has 9 heteroatoms. The minimum absolute atomic E-state index is 0.499. The Morgan fingerprint density at radius 1 is 1.56 bits per heavy atom. The zero-order chi connectivity index (χ0) is 12.5. The van der Waals surface area contributed by atoms with Crippen LogP contribution in [0.5, 0.6) is 0 Å². The van der Waals surface area contributed by atoms with Gasteiger partial charge in [-0.25, -0.2) is 13.6 Å². The van der Waals surface area contributed by atoms with Crippen LogP contribution in [0.3, 0.4) is 0 Å². The molecule has 1 heterocycles. The number of rotatable bonds is 3. The molecule has 0 radical (unpaired) electrons. The number of hydrogen-bond donors (Lipinski definition) is 2. The van der Waals surface area contributed by atoms with Crippen molar-refractivity contribution in [2.45, 2.75) is 6.43 Å². The highest BCUT2D eigenvalue weighted by molar-refractivity contribution is 5.87. The van der Waals surface area contributed by atoms with Gasteiger partial charge in [0.1, 0.15) is 5.56 Å². The van der Waals surface area contributed by atoms with Crippen LogP contribution in [0.15, 0.2) is 11.0 Å². The third-order valence-electron chi connectivity index (χ3n) is 1.72. The molecule has 0 amide bonds. The molecule has 0 saturated heterocycles. The number of hydrogen-bond acceptors (Lipinski definition) is 4. The second-order valence-electron chi connectivity index (χ2n) is 2.66. The Morgan fingerprint density at radius 3 is 2.50 bits per heavy atom. The van der Waals surface area contributed by atoms with E-state index in [2.05, 4.69) is 0 Å². The second-order valence-corrected chi connectivity index (χ2v) is 2.66. The Kier molecular flexibility index (Phi) is 2.97. The van der Waals surface area contributed by atoms with Crippen molar-refractivity contribution in [2.24, 2.45) is 0 Å². The van der Waals surface area contributed by atoms with Crippen LogP contribution in [-0.4, -0.2) is 21.0 Å². The van der Waals surface area contributed by atoms with E-state index in [1.165, 1.54) is 0 Å². The normalized spacial score (nSPS) is 10.4. The number of pyridine rings is 1. The SMILES string of the molecule is O=C(O)c1c[nH]c(C(F)F)c([N+](=O)[O-])c1=O. The number of H-pyrrole nitrogens is 1. The minimum Gasteiger partial charge on any atom is -0.477 e. The van der Waals surface area contributed by atoms with Crippen LogP contribution in [0.1, 0.15) is 22.5 Å². The summed E-state index contributed by atoms with van der Waals surface area (Å²) in [4.78, 5) is 32.4. The minimum atomic E-state index is -3.27. The van der Waals surface area contributed by atoms with Gasteiger partial charge in [-0.2, -0.15) is 0 Å². The molecule has 0 aromatic carbocycles. The van der Waals surface area contributed by atoms with Crippen molar-refractivity contribution >= 4 is 11.7 Å². The van der Waals surface area contributed by atoms with E-state index in [4.69, 9.17) is 5.11 Å². The van der Waals surface area contributed by atoms with Crippen molar-refractivity contribution in [1.29, 1.82) is 0 Å². The summed E-state index contributed by atoms with van der Waals surface area (Å²) in [5, 5.41) is 18.9. The molecule has 1 aromatic rings. The van der Waals surface area contributed by atoms with Gasteiger partial charge in [-0.05, 0) is 0 Å². The maximum atomic E-state index is 12.3. The molecular weight excluding hydrogens is 230 g/mol. The molecule has 0 saturated carbocycles. The van der Waals surface area contributed by atoms with Crippen LogP contribution in [0, 0.1) is 10.1 Å². The first-order valence-electron chi connectivity index (χ1n) is 3.77. The quantitative estimate of drug-likeness (QED) is 0.596. The zero-order valence-electron chi connectivity index (χ0n) is 7.44. The highest BCUT2D eigenvalue weighted by Crippen LogP contribution is 2.23. The second kappa shape index (κ2) is 4.04. The van der Waals surface area contributed by atoms with Crippen LogP contribution in [0.2, 0.25) is 0 Å². The van der Waals surface area contributed by atoms with Crippen molar-refractivity contribution in [1.82, 2.24) is 4.98 Å². The fraction of sp³-hybridized carbons (Fsp3) is 0.143. The summed E-state index contributed by atoms with van der Waals surface area (Å²) in [6.07, 6.45) is -2.77. The average molecular weight is 234 g/mol. The van der Waals surface area contributed by atoms with Crippen LogP contribution < -0.4 is 5.43 Å². The standard InChI is InChI=1S/C7H4F2N2O5/c8-6(9)3-4(11(15)16)5(12)2(1-10-3)7(13)14/h1,6H,(H,10,12)(H,13,14). The van der Waals surface area contributed by atoms with Crippen molar-refractivity contribution in [3.8, 4) is 0 Å².